The second-order valence-corrected chi connectivity index (χ2v) is 6.27. The van der Waals surface area contributed by atoms with Gasteiger partial charge in [-0.05, 0) is 36.4 Å². The third kappa shape index (κ3) is 8.80. The summed E-state index contributed by atoms with van der Waals surface area (Å²) in [6, 6.07) is 32.2. The van der Waals surface area contributed by atoms with Crippen molar-refractivity contribution in [2.24, 2.45) is 0 Å². The molecule has 0 heterocycles. The summed E-state index contributed by atoms with van der Waals surface area (Å²) in [5, 5.41) is 0. The zero-order valence-electron chi connectivity index (χ0n) is 17.0. The molecule has 3 aromatic rings. The maximum Gasteiger partial charge on any atom is 0.166 e. The Kier molecular flexibility index (Phi) is 19.0. The Hall–Kier alpha value is -1.41. The molecule has 0 saturated heterocycles. The van der Waals surface area contributed by atoms with Gasteiger partial charge in [-0.2, -0.15) is 0 Å². The van der Waals surface area contributed by atoms with E-state index in [-0.39, 0.29) is 29.5 Å². The van der Waals surface area contributed by atoms with Crippen molar-refractivity contribution in [3.63, 3.8) is 0 Å². The van der Waals surface area contributed by atoms with E-state index >= 15 is 0 Å². The van der Waals surface area contributed by atoms with E-state index in [0.717, 1.165) is 0 Å². The van der Waals surface area contributed by atoms with Crippen LogP contribution in [0.25, 0.3) is 0 Å². The first kappa shape index (κ1) is 26.8. The number of benzene rings is 3. The molecule has 0 aliphatic rings. The molecule has 0 aromatic heterocycles. The Balaban J connectivity index is 0. The van der Waals surface area contributed by atoms with Crippen LogP contribution < -0.4 is 0 Å². The van der Waals surface area contributed by atoms with E-state index in [4.69, 9.17) is 0 Å². The Morgan fingerprint density at radius 2 is 0.577 bits per heavy atom. The van der Waals surface area contributed by atoms with Crippen molar-refractivity contribution in [3.05, 3.63) is 91.0 Å². The minimum absolute atomic E-state index is 0. The molecule has 26 heavy (non-hydrogen) atoms. The van der Waals surface area contributed by atoms with Gasteiger partial charge in [0, 0.05) is 18.6 Å². The second-order valence-electron chi connectivity index (χ2n) is 4.25. The van der Waals surface area contributed by atoms with Crippen LogP contribution in [0, 0.1) is 0 Å². The molecule has 0 amide bonds. The van der Waals surface area contributed by atoms with Crippen LogP contribution in [-0.4, -0.2) is 0 Å². The molecule has 0 atom stereocenters. The van der Waals surface area contributed by atoms with Crippen LogP contribution in [0.3, 0.4) is 0 Å². The minimum Gasteiger partial charge on any atom is -0.0683 e. The molecule has 0 aliphatic heterocycles. The van der Waals surface area contributed by atoms with Crippen LogP contribution in [0.1, 0.15) is 41.5 Å². The third-order valence-corrected chi connectivity index (χ3v) is 5.17. The SMILES string of the molecule is CC.CC.CC.[V].c1ccc([S+](c2ccccc2)c2ccccc2)cc1. The van der Waals surface area contributed by atoms with E-state index in [1.54, 1.807) is 0 Å². The smallest absolute Gasteiger partial charge is 0.0683 e. The zero-order valence-corrected chi connectivity index (χ0v) is 19.2. The van der Waals surface area contributed by atoms with Gasteiger partial charge in [-0.15, -0.1) is 0 Å². The van der Waals surface area contributed by atoms with Gasteiger partial charge in [0.1, 0.15) is 0 Å². The van der Waals surface area contributed by atoms with Gasteiger partial charge in [0.05, 0.1) is 10.9 Å². The minimum atomic E-state index is -0.0146. The molecular weight excluding hydrogens is 371 g/mol. The molecule has 0 unspecified atom stereocenters. The number of hydrogen-bond acceptors (Lipinski definition) is 0. The first-order chi connectivity index (χ1) is 12.4. The quantitative estimate of drug-likeness (QED) is 0.390. The van der Waals surface area contributed by atoms with E-state index in [0.29, 0.717) is 0 Å². The van der Waals surface area contributed by atoms with Gasteiger partial charge in [0.15, 0.2) is 14.7 Å². The fourth-order valence-corrected chi connectivity index (χ4v) is 4.18. The van der Waals surface area contributed by atoms with E-state index in [1.165, 1.54) is 14.7 Å². The standard InChI is InChI=1S/C18H15S.3C2H6.V/c1-4-10-16(11-5-1)19(17-12-6-2-7-13-17)18-14-8-3-9-15-18;3*1-2;/h1-15H;3*1-2H3;/q+1;;;;. The molecule has 0 aliphatic carbocycles. The van der Waals surface area contributed by atoms with Gasteiger partial charge < -0.3 is 0 Å². The fraction of sp³-hybridized carbons (Fsp3) is 0.250. The summed E-state index contributed by atoms with van der Waals surface area (Å²) >= 11 is 0. The summed E-state index contributed by atoms with van der Waals surface area (Å²) in [4.78, 5) is 4.08. The van der Waals surface area contributed by atoms with Gasteiger partial charge in [0.2, 0.25) is 0 Å². The largest absolute Gasteiger partial charge is 0.166 e. The van der Waals surface area contributed by atoms with Gasteiger partial charge >= 0.3 is 0 Å². The molecule has 0 saturated carbocycles. The predicted molar refractivity (Wildman–Crippen MR) is 116 cm³/mol. The van der Waals surface area contributed by atoms with Crippen molar-refractivity contribution in [3.8, 4) is 0 Å². The molecule has 0 N–H and O–H groups in total. The molecule has 3 rings (SSSR count). The first-order valence-electron chi connectivity index (χ1n) is 9.34. The Morgan fingerprint density at radius 1 is 0.385 bits per heavy atom. The van der Waals surface area contributed by atoms with Crippen LogP contribution in [-0.2, 0) is 29.5 Å². The van der Waals surface area contributed by atoms with Gasteiger partial charge in [-0.25, -0.2) is 0 Å². The summed E-state index contributed by atoms with van der Waals surface area (Å²) in [7, 11) is -0.0146. The molecule has 3 aromatic carbocycles. The predicted octanol–water partition coefficient (Wildman–Crippen LogP) is 7.86. The summed E-state index contributed by atoms with van der Waals surface area (Å²) in [6.07, 6.45) is 0. The topological polar surface area (TPSA) is 0 Å². The Labute approximate surface area is 176 Å². The second kappa shape index (κ2) is 18.4. The maximum atomic E-state index is 2.21. The molecule has 2 heteroatoms. The summed E-state index contributed by atoms with van der Waals surface area (Å²) in [5.41, 5.74) is 0. The van der Waals surface area contributed by atoms with Crippen molar-refractivity contribution in [2.45, 2.75) is 56.2 Å². The van der Waals surface area contributed by atoms with Crippen molar-refractivity contribution >= 4 is 10.9 Å². The molecule has 0 spiro atoms. The van der Waals surface area contributed by atoms with Crippen molar-refractivity contribution in [1.29, 1.82) is 0 Å². The third-order valence-electron chi connectivity index (χ3n) is 2.94. The van der Waals surface area contributed by atoms with Crippen LogP contribution in [0.15, 0.2) is 106 Å². The summed E-state index contributed by atoms with van der Waals surface area (Å²) in [6.45, 7) is 12.0. The van der Waals surface area contributed by atoms with Crippen LogP contribution in [0.4, 0.5) is 0 Å². The fourth-order valence-electron chi connectivity index (χ4n) is 2.08. The molecule has 0 bridgehead atoms. The normalized spacial score (nSPS) is 8.42. The van der Waals surface area contributed by atoms with Crippen molar-refractivity contribution in [2.75, 3.05) is 0 Å². The molecule has 139 valence electrons. The number of hydrogen-bond donors (Lipinski definition) is 0. The molecule has 0 fully saturated rings. The Bertz CT molecular complexity index is 530. The molecule has 0 nitrogen and oxygen atoms in total. The summed E-state index contributed by atoms with van der Waals surface area (Å²) in [5.74, 6) is 0. The first-order valence-corrected chi connectivity index (χ1v) is 10.6. The van der Waals surface area contributed by atoms with Crippen LogP contribution >= 0.6 is 0 Å². The van der Waals surface area contributed by atoms with E-state index in [2.05, 4.69) is 91.0 Å². The number of rotatable bonds is 3. The monoisotopic (exact) mass is 404 g/mol. The van der Waals surface area contributed by atoms with Crippen molar-refractivity contribution in [1.82, 2.24) is 0 Å². The van der Waals surface area contributed by atoms with E-state index in [1.807, 2.05) is 41.5 Å². The summed E-state index contributed by atoms with van der Waals surface area (Å²) < 4.78 is 0. The average molecular weight is 405 g/mol. The van der Waals surface area contributed by atoms with Gasteiger partial charge in [-0.3, -0.25) is 0 Å². The van der Waals surface area contributed by atoms with Crippen LogP contribution in [0.2, 0.25) is 0 Å². The average Bonchev–Trinajstić information content (AvgIpc) is 2.75. The zero-order chi connectivity index (χ0) is 18.9. The van der Waals surface area contributed by atoms with E-state index < -0.39 is 0 Å². The maximum absolute atomic E-state index is 2.21. The van der Waals surface area contributed by atoms with Gasteiger partial charge in [0.25, 0.3) is 0 Å². The van der Waals surface area contributed by atoms with Crippen molar-refractivity contribution < 1.29 is 18.6 Å². The Morgan fingerprint density at radius 3 is 0.769 bits per heavy atom. The van der Waals surface area contributed by atoms with E-state index in [9.17, 15) is 0 Å². The molecular formula is C24H33SV+. The van der Waals surface area contributed by atoms with Gasteiger partial charge in [-0.1, -0.05) is 96.1 Å². The molecule has 1 radical (unpaired) electrons. The van der Waals surface area contributed by atoms with Crippen LogP contribution in [0.5, 0.6) is 0 Å².